The van der Waals surface area contributed by atoms with Crippen molar-refractivity contribution in [1.29, 1.82) is 4.78 Å². The van der Waals surface area contributed by atoms with Gasteiger partial charge in [0, 0.05) is 53.9 Å². The van der Waals surface area contributed by atoms with E-state index in [9.17, 15) is 54.4 Å². The number of anilines is 2. The number of benzene rings is 6. The molecular weight excluding hydrogens is 968 g/mol. The number of hydrogen-bond acceptors (Lipinski definition) is 17. The van der Waals surface area contributed by atoms with Crippen LogP contribution >= 0.6 is 0 Å². The zero-order chi connectivity index (χ0) is 45.9. The van der Waals surface area contributed by atoms with E-state index in [1.807, 2.05) is 0 Å². The Hall–Kier alpha value is -4.99. The second kappa shape index (κ2) is 20.9. The molecule has 0 heterocycles. The van der Waals surface area contributed by atoms with Crippen LogP contribution in [0.2, 0.25) is 0 Å². The van der Waals surface area contributed by atoms with Gasteiger partial charge in [0.15, 0.2) is 0 Å². The number of nitrogens with zero attached hydrogens (tertiary/aromatic N) is 6. The minimum atomic E-state index is -4.34. The van der Waals surface area contributed by atoms with Crippen LogP contribution < -0.4 is 59.5 Å². The minimum Gasteiger partial charge on any atom is -0.871 e. The van der Waals surface area contributed by atoms with Crippen molar-refractivity contribution in [3.63, 3.8) is 0 Å². The Balaban J connectivity index is 0.000000330. The Morgan fingerprint density at radius 1 is 0.594 bits per heavy atom. The molecule has 6 aromatic carbocycles. The minimum absolute atomic E-state index is 0. The van der Waals surface area contributed by atoms with Gasteiger partial charge in [-0.3, -0.25) is 18.4 Å². The predicted molar refractivity (Wildman–Crippen MR) is 223 cm³/mol. The molecule has 1 atom stereocenters. The van der Waals surface area contributed by atoms with Crippen molar-refractivity contribution in [3.05, 3.63) is 97.1 Å². The van der Waals surface area contributed by atoms with Gasteiger partial charge < -0.3 is 25.0 Å². The van der Waals surface area contributed by atoms with E-state index in [4.69, 9.17) is 9.92 Å². The SMILES string of the molecule is CN(C)S(=O)(=O)Nc1cccc2ccc(O)c(N=Nc3cc(S(N)(=O)=O)ccc3[O-])c12.CN(C)S(=O)(=O)Nc1cccc2ccc([O-])c(N=Nc3cc(S(=N)(=O)[O-])ccc3[O-])c12.[Cr+3].[Na+]. The Kier molecular flexibility index (Phi) is 17.4. The molecule has 28 heteroatoms. The third kappa shape index (κ3) is 12.6. The van der Waals surface area contributed by atoms with Gasteiger partial charge in [0.25, 0.3) is 0 Å². The van der Waals surface area contributed by atoms with E-state index in [-0.39, 0.29) is 96.8 Å². The second-order valence-corrected chi connectivity index (χ2v) is 19.9. The van der Waals surface area contributed by atoms with Crippen molar-refractivity contribution in [2.45, 2.75) is 9.79 Å². The summed E-state index contributed by atoms with van der Waals surface area (Å²) in [5.74, 6) is -2.21. The Labute approximate surface area is 400 Å². The summed E-state index contributed by atoms with van der Waals surface area (Å²) in [6.07, 6.45) is 0. The van der Waals surface area contributed by atoms with Gasteiger partial charge in [0.1, 0.15) is 11.4 Å². The molecule has 64 heavy (non-hydrogen) atoms. The Morgan fingerprint density at radius 2 is 1.00 bits per heavy atom. The largest absolute Gasteiger partial charge is 3.00 e. The fraction of sp³-hybridized carbons (Fsp3) is 0.111. The van der Waals surface area contributed by atoms with Crippen LogP contribution in [-0.2, 0) is 57.8 Å². The molecule has 1 radical (unpaired) electrons. The third-order valence-electron chi connectivity index (χ3n) is 8.43. The maximum atomic E-state index is 12.5. The van der Waals surface area contributed by atoms with Crippen LogP contribution in [0.4, 0.5) is 34.1 Å². The first kappa shape index (κ1) is 53.4. The summed E-state index contributed by atoms with van der Waals surface area (Å²) in [5, 5.41) is 68.6. The number of phenolic OH excluding ortho intramolecular Hbond substituents is 1. The number of phenols is 1. The van der Waals surface area contributed by atoms with Crippen molar-refractivity contribution in [3.8, 4) is 23.0 Å². The van der Waals surface area contributed by atoms with Crippen molar-refractivity contribution in [1.82, 2.24) is 8.61 Å². The number of nitrogens with two attached hydrogens (primary N) is 1. The van der Waals surface area contributed by atoms with E-state index < -0.39 is 68.3 Å². The summed E-state index contributed by atoms with van der Waals surface area (Å²) in [5.41, 5.74) is -0.882. The maximum Gasteiger partial charge on any atom is 3.00 e. The number of nitrogens with one attached hydrogen (secondary N) is 3. The average molecular weight is 1000 g/mol. The van der Waals surface area contributed by atoms with Gasteiger partial charge in [-0.15, -0.1) is 5.11 Å². The van der Waals surface area contributed by atoms with Crippen LogP contribution in [-0.4, -0.2) is 75.9 Å². The van der Waals surface area contributed by atoms with Crippen LogP contribution in [0, 0.1) is 4.78 Å². The van der Waals surface area contributed by atoms with Gasteiger partial charge in [0.05, 0.1) is 33.3 Å². The molecule has 0 aromatic heterocycles. The molecule has 6 N–H and O–H groups in total. The Bertz CT molecular complexity index is 3040. The molecule has 0 spiro atoms. The van der Waals surface area contributed by atoms with E-state index in [1.165, 1.54) is 58.5 Å². The second-order valence-electron chi connectivity index (χ2n) is 13.1. The summed E-state index contributed by atoms with van der Waals surface area (Å²) in [6, 6.07) is 20.7. The summed E-state index contributed by atoms with van der Waals surface area (Å²) in [4.78, 5) is -0.789. The molecule has 0 aliphatic carbocycles. The van der Waals surface area contributed by atoms with Crippen molar-refractivity contribution in [2.24, 2.45) is 25.6 Å². The normalized spacial score (nSPS) is 13.0. The fourth-order valence-corrected chi connectivity index (χ4v) is 7.53. The molecule has 0 saturated heterocycles. The third-order valence-corrected chi connectivity index (χ3v) is 13.1. The first-order valence-corrected chi connectivity index (χ1v) is 23.1. The quantitative estimate of drug-likeness (QED) is 0.0849. The molecule has 0 amide bonds. The number of rotatable bonds is 12. The van der Waals surface area contributed by atoms with Crippen LogP contribution in [0.25, 0.3) is 21.5 Å². The average Bonchev–Trinajstić information content (AvgIpc) is 3.17. The standard InChI is InChI=1S/2C18H19N5O6S2.Cr.Na/c2*1-23(2)31(28,29)22-13-5-3-4-11-6-8-16(25)18(17(11)13)21-20-14-10-12(30(19,26)27)7-9-15(14)24;;/h2*3-10,22,24-25H,1-2H3,(H2,19,26,27);;/q;;+3;+1/p-4. The van der Waals surface area contributed by atoms with Gasteiger partial charge in [0.2, 0.25) is 10.0 Å². The molecule has 0 fully saturated rings. The number of sulfonamides is 1. The van der Waals surface area contributed by atoms with Gasteiger partial charge in [-0.25, -0.2) is 13.6 Å². The van der Waals surface area contributed by atoms with E-state index >= 15 is 0 Å². The molecule has 1 unspecified atom stereocenters. The van der Waals surface area contributed by atoms with Crippen LogP contribution in [0.1, 0.15) is 0 Å². The number of fused-ring (bicyclic) bond motifs is 2. The maximum absolute atomic E-state index is 12.5. The van der Waals surface area contributed by atoms with Gasteiger partial charge in [-0.2, -0.15) is 40.8 Å². The molecule has 6 aromatic rings. The smallest absolute Gasteiger partial charge is 0.871 e. The topological polar surface area (TPSA) is 362 Å². The monoisotopic (exact) mass is 1000 g/mol. The van der Waals surface area contributed by atoms with Crippen molar-refractivity contribution >= 4 is 96.1 Å². The molecule has 22 nitrogen and oxygen atoms in total. The van der Waals surface area contributed by atoms with E-state index in [2.05, 4.69) is 29.9 Å². The van der Waals surface area contributed by atoms with Gasteiger partial charge in [-0.1, -0.05) is 71.8 Å². The van der Waals surface area contributed by atoms with E-state index in [0.29, 0.717) is 10.8 Å². The van der Waals surface area contributed by atoms with Crippen LogP contribution in [0.5, 0.6) is 23.0 Å². The van der Waals surface area contributed by atoms with Gasteiger partial charge in [-0.05, 0) is 53.2 Å². The predicted octanol–water partition coefficient (Wildman–Crippen LogP) is 1.06. The Morgan fingerprint density at radius 3 is 1.45 bits per heavy atom. The first-order valence-electron chi connectivity index (χ1n) is 17.2. The van der Waals surface area contributed by atoms with Crippen LogP contribution in [0.3, 0.4) is 0 Å². The van der Waals surface area contributed by atoms with E-state index in [0.717, 1.165) is 45.0 Å². The fourth-order valence-electron chi connectivity index (χ4n) is 5.22. The van der Waals surface area contributed by atoms with Crippen LogP contribution in [0.15, 0.2) is 127 Å². The summed E-state index contributed by atoms with van der Waals surface area (Å²) < 4.78 is 109. The summed E-state index contributed by atoms with van der Waals surface area (Å²) in [7, 11) is -10.8. The summed E-state index contributed by atoms with van der Waals surface area (Å²) >= 11 is 0. The van der Waals surface area contributed by atoms with Crippen molar-refractivity contribution < 1.29 is 101 Å². The zero-order valence-electron chi connectivity index (χ0n) is 34.0. The summed E-state index contributed by atoms with van der Waals surface area (Å²) in [6.45, 7) is 0. The van der Waals surface area contributed by atoms with Crippen molar-refractivity contribution in [2.75, 3.05) is 37.6 Å². The zero-order valence-corrected chi connectivity index (χ0v) is 40.5. The molecule has 6 rings (SSSR count). The number of aromatic hydroxyl groups is 1. The molecule has 0 bridgehead atoms. The first-order chi connectivity index (χ1) is 28.8. The van der Waals surface area contributed by atoms with E-state index in [1.54, 1.807) is 30.3 Å². The number of hydrogen-bond donors (Lipinski definition) is 5. The van der Waals surface area contributed by atoms with Gasteiger partial charge >= 0.3 is 67.3 Å². The number of primary sulfonamides is 1. The molecule has 0 saturated carbocycles. The molecule has 0 aliphatic heterocycles. The molecular formula is C36H34CrN10NaO12S4. The molecule has 331 valence electrons. The molecule has 0 aliphatic rings. The number of azo groups is 2.